The molecule has 0 unspecified atom stereocenters. The minimum absolute atomic E-state index is 0.133. The number of hydrogen-bond acceptors (Lipinski definition) is 6. The van der Waals surface area contributed by atoms with Crippen molar-refractivity contribution >= 4 is 38.7 Å². The van der Waals surface area contributed by atoms with Crippen LogP contribution in [-0.4, -0.2) is 22.2 Å². The molecular weight excluding hydrogens is 350 g/mol. The van der Waals surface area contributed by atoms with Gasteiger partial charge in [0.05, 0.1) is 26.7 Å². The molecule has 1 aromatic heterocycles. The number of carbonyl (C=O) groups excluding carboxylic acids is 1. The molecular formula is C19H17N3O3S. The second kappa shape index (κ2) is 6.49. The maximum Gasteiger partial charge on any atom is 0.280 e. The third-order valence-electron chi connectivity index (χ3n) is 4.74. The summed E-state index contributed by atoms with van der Waals surface area (Å²) in [5.41, 5.74) is 1.84. The third kappa shape index (κ3) is 2.84. The van der Waals surface area contributed by atoms with Crippen LogP contribution in [0, 0.1) is 10.1 Å². The highest BCUT2D eigenvalue weighted by Crippen LogP contribution is 2.40. The van der Waals surface area contributed by atoms with Crippen molar-refractivity contribution in [1.82, 2.24) is 4.98 Å². The van der Waals surface area contributed by atoms with Gasteiger partial charge in [0.2, 0.25) is 0 Å². The summed E-state index contributed by atoms with van der Waals surface area (Å²) in [6.45, 7) is 2.21. The van der Waals surface area contributed by atoms with Crippen molar-refractivity contribution in [3.05, 3.63) is 63.1 Å². The van der Waals surface area contributed by atoms with E-state index in [2.05, 4.69) is 11.0 Å². The molecule has 1 aliphatic rings. The van der Waals surface area contributed by atoms with Gasteiger partial charge in [-0.05, 0) is 44.0 Å². The second-order valence-corrected chi connectivity index (χ2v) is 7.45. The van der Waals surface area contributed by atoms with E-state index in [9.17, 15) is 14.9 Å². The van der Waals surface area contributed by atoms with Gasteiger partial charge in [0.25, 0.3) is 5.69 Å². The maximum atomic E-state index is 11.9. The van der Waals surface area contributed by atoms with Crippen molar-refractivity contribution in [2.45, 2.75) is 25.8 Å². The molecule has 1 saturated heterocycles. The van der Waals surface area contributed by atoms with Crippen molar-refractivity contribution in [2.24, 2.45) is 0 Å². The number of nitrogens with zero attached hydrogens (tertiary/aromatic N) is 3. The zero-order valence-electron chi connectivity index (χ0n) is 14.2. The predicted molar refractivity (Wildman–Crippen MR) is 102 cm³/mol. The lowest BCUT2D eigenvalue weighted by Gasteiger charge is -2.25. The number of aromatic nitrogens is 1. The van der Waals surface area contributed by atoms with E-state index in [1.54, 1.807) is 23.5 Å². The molecule has 2 heterocycles. The van der Waals surface area contributed by atoms with Crippen LogP contribution in [-0.2, 0) is 0 Å². The highest BCUT2D eigenvalue weighted by molar-refractivity contribution is 7.18. The molecule has 0 saturated carbocycles. The lowest BCUT2D eigenvalue weighted by Crippen LogP contribution is -2.22. The van der Waals surface area contributed by atoms with Gasteiger partial charge in [0, 0.05) is 18.3 Å². The van der Waals surface area contributed by atoms with Crippen molar-refractivity contribution < 1.29 is 9.72 Å². The Morgan fingerprint density at radius 3 is 2.85 bits per heavy atom. The number of para-hydroxylation sites is 1. The first kappa shape index (κ1) is 16.7. The summed E-state index contributed by atoms with van der Waals surface area (Å²) in [5, 5.41) is 12.2. The number of rotatable bonds is 4. The van der Waals surface area contributed by atoms with Crippen LogP contribution in [0.2, 0.25) is 0 Å². The van der Waals surface area contributed by atoms with E-state index in [0.717, 1.165) is 40.3 Å². The van der Waals surface area contributed by atoms with Crippen LogP contribution in [0.4, 0.5) is 11.4 Å². The van der Waals surface area contributed by atoms with Crippen LogP contribution in [0.3, 0.4) is 0 Å². The highest BCUT2D eigenvalue weighted by Gasteiger charge is 2.30. The van der Waals surface area contributed by atoms with Crippen LogP contribution < -0.4 is 4.90 Å². The molecule has 2 aromatic carbocycles. The number of Topliss-reactive ketones (excluding diaryl/α,β-unsaturated/α-hetero) is 1. The first-order valence-corrected chi connectivity index (χ1v) is 9.28. The average Bonchev–Trinajstić information content (AvgIpc) is 3.27. The molecule has 0 bridgehead atoms. The van der Waals surface area contributed by atoms with E-state index in [0.29, 0.717) is 0 Å². The van der Waals surface area contributed by atoms with Crippen LogP contribution in [0.25, 0.3) is 10.2 Å². The topological polar surface area (TPSA) is 76.3 Å². The SMILES string of the molecule is CC(=O)c1cc(N2CCC[C@H]2c2nc3ccccc3s2)ccc1[N+](=O)[O-]. The Kier molecular flexibility index (Phi) is 4.16. The Bertz CT molecular complexity index is 981. The molecule has 132 valence electrons. The van der Waals surface area contributed by atoms with Gasteiger partial charge < -0.3 is 4.90 Å². The zero-order valence-corrected chi connectivity index (χ0v) is 15.0. The van der Waals surface area contributed by atoms with Crippen LogP contribution in [0.1, 0.15) is 41.2 Å². The summed E-state index contributed by atoms with van der Waals surface area (Å²) in [7, 11) is 0. The summed E-state index contributed by atoms with van der Waals surface area (Å²) < 4.78 is 1.16. The minimum atomic E-state index is -0.504. The molecule has 7 heteroatoms. The zero-order chi connectivity index (χ0) is 18.3. The quantitative estimate of drug-likeness (QED) is 0.378. The maximum absolute atomic E-state index is 11.9. The molecule has 4 rings (SSSR count). The Morgan fingerprint density at radius 2 is 2.12 bits per heavy atom. The monoisotopic (exact) mass is 367 g/mol. The molecule has 0 spiro atoms. The van der Waals surface area contributed by atoms with E-state index in [1.165, 1.54) is 13.0 Å². The summed E-state index contributed by atoms with van der Waals surface area (Å²) in [4.78, 5) is 29.5. The van der Waals surface area contributed by atoms with Crippen LogP contribution in [0.15, 0.2) is 42.5 Å². The van der Waals surface area contributed by atoms with Gasteiger partial charge in [0.1, 0.15) is 5.01 Å². The molecule has 1 fully saturated rings. The lowest BCUT2D eigenvalue weighted by molar-refractivity contribution is -0.385. The Labute approximate surface area is 154 Å². The fourth-order valence-electron chi connectivity index (χ4n) is 3.51. The fourth-order valence-corrected chi connectivity index (χ4v) is 4.62. The molecule has 26 heavy (non-hydrogen) atoms. The van der Waals surface area contributed by atoms with Crippen LogP contribution >= 0.6 is 11.3 Å². The standard InChI is InChI=1S/C19H17N3O3S/c1-12(23)14-11-13(8-9-16(14)22(24)25)21-10-4-6-17(21)19-20-15-5-2-3-7-18(15)26-19/h2-3,5,7-9,11,17H,4,6,10H2,1H3/t17-/m0/s1. The Morgan fingerprint density at radius 1 is 1.31 bits per heavy atom. The molecule has 0 aliphatic carbocycles. The van der Waals surface area contributed by atoms with Gasteiger partial charge in [-0.3, -0.25) is 14.9 Å². The summed E-state index contributed by atoms with van der Waals surface area (Å²) in [5.74, 6) is -0.297. The minimum Gasteiger partial charge on any atom is -0.362 e. The number of ketones is 1. The molecule has 1 aliphatic heterocycles. The highest BCUT2D eigenvalue weighted by atomic mass is 32.1. The number of anilines is 1. The number of benzene rings is 2. The molecule has 1 atom stereocenters. The number of nitro benzene ring substituents is 1. The number of thiazole rings is 1. The summed E-state index contributed by atoms with van der Waals surface area (Å²) in [6, 6.07) is 13.0. The molecule has 0 radical (unpaired) electrons. The van der Waals surface area contributed by atoms with Crippen molar-refractivity contribution in [2.75, 3.05) is 11.4 Å². The van der Waals surface area contributed by atoms with Gasteiger partial charge in [-0.2, -0.15) is 0 Å². The van der Waals surface area contributed by atoms with E-state index in [4.69, 9.17) is 4.98 Å². The lowest BCUT2D eigenvalue weighted by atomic mass is 10.1. The van der Waals surface area contributed by atoms with Gasteiger partial charge >= 0.3 is 0 Å². The van der Waals surface area contributed by atoms with E-state index >= 15 is 0 Å². The van der Waals surface area contributed by atoms with Crippen molar-refractivity contribution in [3.63, 3.8) is 0 Å². The average molecular weight is 367 g/mol. The van der Waals surface area contributed by atoms with E-state index in [1.807, 2.05) is 18.2 Å². The van der Waals surface area contributed by atoms with E-state index < -0.39 is 4.92 Å². The van der Waals surface area contributed by atoms with Gasteiger partial charge in [-0.25, -0.2) is 4.98 Å². The van der Waals surface area contributed by atoms with Gasteiger partial charge in [-0.1, -0.05) is 12.1 Å². The first-order chi connectivity index (χ1) is 12.5. The predicted octanol–water partition coefficient (Wildman–Crippen LogP) is 4.75. The molecule has 6 nitrogen and oxygen atoms in total. The van der Waals surface area contributed by atoms with E-state index in [-0.39, 0.29) is 23.1 Å². The van der Waals surface area contributed by atoms with Crippen molar-refractivity contribution in [1.29, 1.82) is 0 Å². The summed E-state index contributed by atoms with van der Waals surface area (Å²) >= 11 is 1.68. The molecule has 3 aromatic rings. The molecule has 0 N–H and O–H groups in total. The number of carbonyl (C=O) groups is 1. The Hall–Kier alpha value is -2.80. The van der Waals surface area contributed by atoms with Crippen LogP contribution in [0.5, 0.6) is 0 Å². The number of nitro groups is 1. The second-order valence-electron chi connectivity index (χ2n) is 6.39. The van der Waals surface area contributed by atoms with Crippen molar-refractivity contribution in [3.8, 4) is 0 Å². The third-order valence-corrected chi connectivity index (χ3v) is 5.87. The molecule has 0 amide bonds. The largest absolute Gasteiger partial charge is 0.362 e. The normalized spacial score (nSPS) is 17.0. The summed E-state index contributed by atoms with van der Waals surface area (Å²) in [6.07, 6.45) is 2.00. The smallest absolute Gasteiger partial charge is 0.280 e. The Balaban J connectivity index is 1.73. The van der Waals surface area contributed by atoms with Gasteiger partial charge in [0.15, 0.2) is 5.78 Å². The number of fused-ring (bicyclic) bond motifs is 1. The fraction of sp³-hybridized carbons (Fsp3) is 0.263. The number of hydrogen-bond donors (Lipinski definition) is 0. The first-order valence-electron chi connectivity index (χ1n) is 8.46. The van der Waals surface area contributed by atoms with Gasteiger partial charge in [-0.15, -0.1) is 11.3 Å².